The van der Waals surface area contributed by atoms with E-state index in [1.807, 2.05) is 6.07 Å². The number of hydrogen-bond donors (Lipinski definition) is 1. The Morgan fingerprint density at radius 2 is 2.17 bits per heavy atom. The van der Waals surface area contributed by atoms with Gasteiger partial charge in [0.05, 0.1) is 17.3 Å². The smallest absolute Gasteiger partial charge is 0.286 e. The highest BCUT2D eigenvalue weighted by atomic mass is 35.5. The van der Waals surface area contributed by atoms with Crippen molar-refractivity contribution in [2.75, 3.05) is 12.0 Å². The molecule has 2 rings (SSSR count). The Morgan fingerprint density at radius 3 is 2.74 bits per heavy atom. The molecule has 2 heterocycles. The van der Waals surface area contributed by atoms with Gasteiger partial charge in [-0.05, 0) is 6.07 Å². The fourth-order valence-corrected chi connectivity index (χ4v) is 2.30. The van der Waals surface area contributed by atoms with Gasteiger partial charge in [-0.2, -0.15) is 5.26 Å². The van der Waals surface area contributed by atoms with E-state index in [4.69, 9.17) is 16.9 Å². The molecule has 0 aromatic carbocycles. The SMILES string of the molecule is Cn1c(C(=O)Nc2cc(F)c(=O)n(CCF)c2)cc(Cl)c1C#N. The van der Waals surface area contributed by atoms with E-state index in [9.17, 15) is 18.4 Å². The average Bonchev–Trinajstić information content (AvgIpc) is 2.79. The van der Waals surface area contributed by atoms with Crippen LogP contribution < -0.4 is 10.9 Å². The number of anilines is 1. The van der Waals surface area contributed by atoms with E-state index >= 15 is 0 Å². The van der Waals surface area contributed by atoms with E-state index in [-0.39, 0.29) is 28.6 Å². The summed E-state index contributed by atoms with van der Waals surface area (Å²) in [7, 11) is 1.48. The predicted molar refractivity (Wildman–Crippen MR) is 79.7 cm³/mol. The van der Waals surface area contributed by atoms with Crippen molar-refractivity contribution in [1.29, 1.82) is 5.26 Å². The minimum atomic E-state index is -1.11. The fraction of sp³-hybridized carbons (Fsp3) is 0.214. The van der Waals surface area contributed by atoms with Crippen molar-refractivity contribution in [3.05, 3.63) is 50.9 Å². The standard InChI is InChI=1S/C14H11ClF2N4O2/c1-20-11(5-9(15)12(20)6-18)13(22)19-8-4-10(17)14(23)21(7-8)3-2-16/h4-5,7H,2-3H2,1H3,(H,19,22). The van der Waals surface area contributed by atoms with Gasteiger partial charge in [0.2, 0.25) is 0 Å². The molecule has 0 aliphatic heterocycles. The summed E-state index contributed by atoms with van der Waals surface area (Å²) >= 11 is 5.84. The molecule has 2 aromatic rings. The molecule has 1 amide bonds. The maximum atomic E-state index is 13.5. The quantitative estimate of drug-likeness (QED) is 0.925. The molecule has 0 atom stereocenters. The summed E-state index contributed by atoms with van der Waals surface area (Å²) in [5.74, 6) is -1.76. The number of aromatic nitrogens is 2. The molecular weight excluding hydrogens is 330 g/mol. The number of hydrogen-bond acceptors (Lipinski definition) is 3. The van der Waals surface area contributed by atoms with Gasteiger partial charge < -0.3 is 14.5 Å². The van der Waals surface area contributed by atoms with E-state index in [1.54, 1.807) is 0 Å². The molecule has 0 bridgehead atoms. The molecule has 0 fully saturated rings. The Hall–Kier alpha value is -2.66. The number of rotatable bonds is 4. The van der Waals surface area contributed by atoms with Crippen LogP contribution >= 0.6 is 11.6 Å². The van der Waals surface area contributed by atoms with Crippen LogP contribution in [0.5, 0.6) is 0 Å². The predicted octanol–water partition coefficient (Wildman–Crippen LogP) is 2.07. The first kappa shape index (κ1) is 16.7. The van der Waals surface area contributed by atoms with Crippen LogP contribution in [0.15, 0.2) is 23.1 Å². The zero-order valence-electron chi connectivity index (χ0n) is 11.9. The summed E-state index contributed by atoms with van der Waals surface area (Å²) in [6.07, 6.45) is 1.14. The summed E-state index contributed by atoms with van der Waals surface area (Å²) in [4.78, 5) is 23.7. The number of nitriles is 1. The molecule has 0 aliphatic carbocycles. The van der Waals surface area contributed by atoms with Gasteiger partial charge in [0, 0.05) is 19.3 Å². The minimum absolute atomic E-state index is 0.0172. The molecule has 0 spiro atoms. The Morgan fingerprint density at radius 1 is 1.48 bits per heavy atom. The Kier molecular flexibility index (Phi) is 4.81. The number of halogens is 3. The molecule has 0 unspecified atom stereocenters. The van der Waals surface area contributed by atoms with Crippen LogP contribution in [0.3, 0.4) is 0 Å². The summed E-state index contributed by atoms with van der Waals surface area (Å²) < 4.78 is 28.0. The van der Waals surface area contributed by atoms with Gasteiger partial charge in [0.1, 0.15) is 24.1 Å². The van der Waals surface area contributed by atoms with Gasteiger partial charge in [-0.1, -0.05) is 11.6 Å². The normalized spacial score (nSPS) is 10.4. The van der Waals surface area contributed by atoms with Crippen LogP contribution in [-0.2, 0) is 13.6 Å². The molecule has 0 saturated carbocycles. The van der Waals surface area contributed by atoms with Crippen LogP contribution in [0.1, 0.15) is 16.2 Å². The van der Waals surface area contributed by atoms with Gasteiger partial charge in [0.15, 0.2) is 5.82 Å². The highest BCUT2D eigenvalue weighted by Gasteiger charge is 2.17. The van der Waals surface area contributed by atoms with Gasteiger partial charge in [-0.25, -0.2) is 8.78 Å². The van der Waals surface area contributed by atoms with Crippen LogP contribution in [-0.4, -0.2) is 21.7 Å². The summed E-state index contributed by atoms with van der Waals surface area (Å²) in [5, 5.41) is 11.4. The number of aryl methyl sites for hydroxylation is 1. The van der Waals surface area contributed by atoms with Crippen LogP contribution in [0.25, 0.3) is 0 Å². The molecular formula is C14H11ClF2N4O2. The summed E-state index contributed by atoms with van der Waals surface area (Å²) in [5.41, 5.74) is -0.814. The first-order valence-electron chi connectivity index (χ1n) is 6.41. The van der Waals surface area contributed by atoms with Gasteiger partial charge in [-0.15, -0.1) is 0 Å². The Balaban J connectivity index is 2.35. The second-order valence-corrected chi connectivity index (χ2v) is 5.02. The zero-order chi connectivity index (χ0) is 17.1. The lowest BCUT2D eigenvalue weighted by molar-refractivity contribution is 0.101. The Bertz CT molecular complexity index is 867. The molecule has 0 radical (unpaired) electrons. The number of amides is 1. The average molecular weight is 341 g/mol. The minimum Gasteiger partial charge on any atom is -0.330 e. The van der Waals surface area contributed by atoms with E-state index in [0.717, 1.165) is 16.8 Å². The third kappa shape index (κ3) is 3.24. The second-order valence-electron chi connectivity index (χ2n) is 4.62. The topological polar surface area (TPSA) is 79.8 Å². The van der Waals surface area contributed by atoms with Crippen LogP contribution in [0.4, 0.5) is 14.5 Å². The zero-order valence-corrected chi connectivity index (χ0v) is 12.7. The van der Waals surface area contributed by atoms with Crippen molar-refractivity contribution in [3.8, 4) is 6.07 Å². The molecule has 120 valence electrons. The third-order valence-corrected chi connectivity index (χ3v) is 3.44. The fourth-order valence-electron chi connectivity index (χ4n) is 2.03. The summed E-state index contributed by atoms with van der Waals surface area (Å²) in [6, 6.07) is 3.98. The van der Waals surface area contributed by atoms with E-state index < -0.39 is 24.0 Å². The van der Waals surface area contributed by atoms with E-state index in [0.29, 0.717) is 0 Å². The molecule has 1 N–H and O–H groups in total. The monoisotopic (exact) mass is 340 g/mol. The van der Waals surface area contributed by atoms with Crippen molar-refractivity contribution in [2.24, 2.45) is 7.05 Å². The van der Waals surface area contributed by atoms with E-state index in [2.05, 4.69) is 5.32 Å². The number of carbonyl (C=O) groups is 1. The van der Waals surface area contributed by atoms with Gasteiger partial charge in [0.25, 0.3) is 11.5 Å². The van der Waals surface area contributed by atoms with Crippen LogP contribution in [0.2, 0.25) is 5.02 Å². The third-order valence-electron chi connectivity index (χ3n) is 3.15. The lowest BCUT2D eigenvalue weighted by Crippen LogP contribution is -2.25. The molecule has 0 saturated heterocycles. The lowest BCUT2D eigenvalue weighted by Gasteiger charge is -2.09. The van der Waals surface area contributed by atoms with Crippen molar-refractivity contribution < 1.29 is 13.6 Å². The highest BCUT2D eigenvalue weighted by molar-refractivity contribution is 6.32. The molecule has 23 heavy (non-hydrogen) atoms. The Labute approximate surface area is 134 Å². The maximum Gasteiger partial charge on any atom is 0.286 e. The second kappa shape index (κ2) is 6.62. The lowest BCUT2D eigenvalue weighted by atomic mass is 10.3. The van der Waals surface area contributed by atoms with Crippen molar-refractivity contribution in [1.82, 2.24) is 9.13 Å². The van der Waals surface area contributed by atoms with Crippen molar-refractivity contribution in [2.45, 2.75) is 6.54 Å². The first-order chi connectivity index (χ1) is 10.9. The van der Waals surface area contributed by atoms with Crippen LogP contribution in [0, 0.1) is 17.1 Å². The number of carbonyl (C=O) groups excluding carboxylic acids is 1. The number of nitrogens with one attached hydrogen (secondary N) is 1. The highest BCUT2D eigenvalue weighted by Crippen LogP contribution is 2.20. The molecule has 2 aromatic heterocycles. The molecule has 9 heteroatoms. The number of alkyl halides is 1. The van der Waals surface area contributed by atoms with Crippen molar-refractivity contribution >= 4 is 23.2 Å². The largest absolute Gasteiger partial charge is 0.330 e. The van der Waals surface area contributed by atoms with Gasteiger partial charge >= 0.3 is 0 Å². The van der Waals surface area contributed by atoms with Crippen molar-refractivity contribution in [3.63, 3.8) is 0 Å². The maximum absolute atomic E-state index is 13.5. The van der Waals surface area contributed by atoms with Gasteiger partial charge in [-0.3, -0.25) is 9.59 Å². The summed E-state index contributed by atoms with van der Waals surface area (Å²) in [6.45, 7) is -1.18. The molecule has 0 aliphatic rings. The van der Waals surface area contributed by atoms with E-state index in [1.165, 1.54) is 17.7 Å². The number of pyridine rings is 1. The first-order valence-corrected chi connectivity index (χ1v) is 6.79. The molecule has 6 nitrogen and oxygen atoms in total. The number of nitrogens with zero attached hydrogens (tertiary/aromatic N) is 3.